The van der Waals surface area contributed by atoms with Gasteiger partial charge in [0.15, 0.2) is 9.84 Å². The first kappa shape index (κ1) is 28.1. The fourth-order valence-corrected chi connectivity index (χ4v) is 5.85. The molecule has 1 aliphatic rings. The number of urea groups is 1. The molecule has 0 saturated carbocycles. The number of β-amino-alcohol motifs (C(OH)–C–C–N with tert-alkyl or cyclic N) is 1. The minimum atomic E-state index is -4.00. The number of likely N-dealkylation sites (tertiary alicyclic amines) is 1. The van der Waals surface area contributed by atoms with Crippen LogP contribution < -0.4 is 9.74 Å². The van der Waals surface area contributed by atoms with Crippen LogP contribution in [0.5, 0.6) is 0 Å². The van der Waals surface area contributed by atoms with E-state index in [4.69, 9.17) is 16.5 Å². The summed E-state index contributed by atoms with van der Waals surface area (Å²) in [6.07, 6.45) is -0.136. The molecule has 39 heavy (non-hydrogen) atoms. The van der Waals surface area contributed by atoms with Crippen LogP contribution in [0.2, 0.25) is 0 Å². The minimum Gasteiger partial charge on any atom is -0.465 e. The smallest absolute Gasteiger partial charge is 0.341 e. The molecule has 0 spiro atoms. The molecule has 1 saturated heterocycles. The van der Waals surface area contributed by atoms with Crippen LogP contribution in [0.3, 0.4) is 0 Å². The Bertz CT molecular complexity index is 1500. The second-order valence-corrected chi connectivity index (χ2v) is 11.2. The second-order valence-electron chi connectivity index (χ2n) is 8.94. The molecule has 204 valence electrons. The summed E-state index contributed by atoms with van der Waals surface area (Å²) in [4.78, 5) is 40.3. The molecule has 1 aliphatic heterocycles. The summed E-state index contributed by atoms with van der Waals surface area (Å²) in [5.74, 6) is -1.71. The quantitative estimate of drug-likeness (QED) is 0.340. The van der Waals surface area contributed by atoms with Crippen LogP contribution in [0.25, 0.3) is 11.1 Å². The van der Waals surface area contributed by atoms with Crippen molar-refractivity contribution in [3.05, 3.63) is 78.4 Å². The van der Waals surface area contributed by atoms with E-state index in [9.17, 15) is 27.9 Å². The van der Waals surface area contributed by atoms with E-state index in [0.717, 1.165) is 22.7 Å². The van der Waals surface area contributed by atoms with Gasteiger partial charge in [0.25, 0.3) is 0 Å². The van der Waals surface area contributed by atoms with E-state index < -0.39 is 39.9 Å². The lowest BCUT2D eigenvalue weighted by Gasteiger charge is -2.27. The molecule has 1 fully saturated rings. The minimum absolute atomic E-state index is 0.0916. The van der Waals surface area contributed by atoms with Crippen LogP contribution in [0.1, 0.15) is 16.8 Å². The molecule has 0 aromatic heterocycles. The van der Waals surface area contributed by atoms with E-state index in [2.05, 4.69) is 5.32 Å². The number of hydrogen-bond donors (Lipinski definition) is 2. The Morgan fingerprint density at radius 2 is 1.64 bits per heavy atom. The number of benzene rings is 3. The van der Waals surface area contributed by atoms with Crippen molar-refractivity contribution in [3.8, 4) is 11.1 Å². The lowest BCUT2D eigenvalue weighted by atomic mass is 10.0. The Kier molecular flexibility index (Phi) is 8.24. The third-order valence-corrected chi connectivity index (χ3v) is 7.74. The van der Waals surface area contributed by atoms with Gasteiger partial charge in [-0.05, 0) is 23.8 Å². The molecule has 0 aliphatic carbocycles. The summed E-state index contributed by atoms with van der Waals surface area (Å²) in [5.41, 5.74) is 0.692. The number of carbonyl (C=O) groups is 3. The number of nitrogens with zero attached hydrogens (tertiary/aromatic N) is 2. The zero-order valence-corrected chi connectivity index (χ0v) is 22.6. The van der Waals surface area contributed by atoms with Crippen LogP contribution in [0.15, 0.2) is 77.7 Å². The van der Waals surface area contributed by atoms with E-state index in [1.165, 1.54) is 12.1 Å². The van der Waals surface area contributed by atoms with Crippen molar-refractivity contribution in [1.82, 2.24) is 4.90 Å². The molecule has 2 atom stereocenters. The number of esters is 1. The average Bonchev–Trinajstić information content (AvgIpc) is 3.33. The summed E-state index contributed by atoms with van der Waals surface area (Å²) in [6.45, 7) is -0.154. The number of carbonyl (C=O) groups excluding carboxylic acids is 3. The number of anilines is 2. The van der Waals surface area contributed by atoms with Gasteiger partial charge in [0.1, 0.15) is 11.6 Å². The Morgan fingerprint density at radius 1 is 1.03 bits per heavy atom. The van der Waals surface area contributed by atoms with E-state index in [1.54, 1.807) is 60.7 Å². The maximum atomic E-state index is 13.4. The number of rotatable bonds is 6. The number of nitrogens with one attached hydrogen (secondary N) is 1. The summed E-state index contributed by atoms with van der Waals surface area (Å²) >= 11 is 6.25. The van der Waals surface area contributed by atoms with Gasteiger partial charge in [-0.15, -0.1) is 0 Å². The maximum absolute atomic E-state index is 13.4. The first-order valence-electron chi connectivity index (χ1n) is 11.8. The Morgan fingerprint density at radius 3 is 2.23 bits per heavy atom. The average molecular weight is 572 g/mol. The number of para-hydroxylation sites is 1. The SMILES string of the molecule is COC(=O)c1c(NC(=O)C2CC(O)CN2C(=O)N(Cl)c2ccccc2)ccc(-c2ccccc2)c1S(C)(=O)=O. The number of ether oxygens (including phenoxy) is 1. The third-order valence-electron chi connectivity index (χ3n) is 6.24. The Labute approximate surface area is 230 Å². The molecule has 3 aromatic rings. The Balaban J connectivity index is 1.72. The van der Waals surface area contributed by atoms with Gasteiger partial charge >= 0.3 is 12.0 Å². The van der Waals surface area contributed by atoms with Crippen molar-refractivity contribution < 1.29 is 32.6 Å². The predicted octanol–water partition coefficient (Wildman–Crippen LogP) is 3.70. The van der Waals surface area contributed by atoms with E-state index in [-0.39, 0.29) is 34.7 Å². The van der Waals surface area contributed by atoms with Gasteiger partial charge in [0, 0.05) is 36.6 Å². The molecular formula is C27H26ClN3O7S. The molecule has 3 amide bonds. The highest BCUT2D eigenvalue weighted by Gasteiger charge is 2.41. The largest absolute Gasteiger partial charge is 0.465 e. The maximum Gasteiger partial charge on any atom is 0.341 e. The molecule has 0 radical (unpaired) electrons. The van der Waals surface area contributed by atoms with E-state index in [0.29, 0.717) is 11.3 Å². The van der Waals surface area contributed by atoms with Gasteiger partial charge in [-0.1, -0.05) is 54.6 Å². The molecule has 2 N–H and O–H groups in total. The van der Waals surface area contributed by atoms with Crippen LogP contribution in [-0.4, -0.2) is 68.4 Å². The number of methoxy groups -OCH3 is 1. The zero-order chi connectivity index (χ0) is 28.3. The van der Waals surface area contributed by atoms with Gasteiger partial charge in [-0.25, -0.2) is 22.4 Å². The molecule has 10 nitrogen and oxygen atoms in total. The van der Waals surface area contributed by atoms with E-state index >= 15 is 0 Å². The van der Waals surface area contributed by atoms with Crippen LogP contribution in [0.4, 0.5) is 16.2 Å². The molecule has 4 rings (SSSR count). The lowest BCUT2D eigenvalue weighted by molar-refractivity contribution is -0.119. The highest BCUT2D eigenvalue weighted by Crippen LogP contribution is 2.36. The first-order chi connectivity index (χ1) is 18.5. The summed E-state index contributed by atoms with van der Waals surface area (Å²) in [5, 5.41) is 12.9. The lowest BCUT2D eigenvalue weighted by Crippen LogP contribution is -2.47. The highest BCUT2D eigenvalue weighted by atomic mass is 35.5. The summed E-state index contributed by atoms with van der Waals surface area (Å²) in [6, 6.07) is 17.9. The van der Waals surface area contributed by atoms with Gasteiger partial charge in [0.05, 0.1) is 29.5 Å². The molecule has 12 heteroatoms. The predicted molar refractivity (Wildman–Crippen MR) is 146 cm³/mol. The number of amides is 3. The fraction of sp³-hybridized carbons (Fsp3) is 0.222. The van der Waals surface area contributed by atoms with E-state index in [1.807, 2.05) is 0 Å². The standard InChI is InChI=1S/C27H26ClN3O7S/c1-38-26(34)23-21(14-13-20(24(23)39(2,36)37)17-9-5-3-6-10-17)29-25(33)22-15-19(32)16-30(22)27(35)31(28)18-11-7-4-8-12-18/h3-14,19,22,32H,15-16H2,1-2H3,(H,29,33). The topological polar surface area (TPSA) is 133 Å². The van der Waals surface area contributed by atoms with Crippen molar-refractivity contribution in [2.24, 2.45) is 0 Å². The van der Waals surface area contributed by atoms with Crippen molar-refractivity contribution in [2.45, 2.75) is 23.5 Å². The monoisotopic (exact) mass is 571 g/mol. The highest BCUT2D eigenvalue weighted by molar-refractivity contribution is 7.91. The van der Waals surface area contributed by atoms with Gasteiger partial charge in [-0.2, -0.15) is 0 Å². The molecule has 3 aromatic carbocycles. The normalized spacial score (nSPS) is 17.0. The third kappa shape index (κ3) is 5.90. The number of hydrogen-bond acceptors (Lipinski definition) is 7. The van der Waals surface area contributed by atoms with Gasteiger partial charge in [0.2, 0.25) is 5.91 Å². The van der Waals surface area contributed by atoms with Crippen LogP contribution in [-0.2, 0) is 19.4 Å². The van der Waals surface area contributed by atoms with Crippen molar-refractivity contribution >= 4 is 50.9 Å². The molecule has 1 heterocycles. The number of aliphatic hydroxyl groups is 1. The first-order valence-corrected chi connectivity index (χ1v) is 14.1. The number of sulfone groups is 1. The summed E-state index contributed by atoms with van der Waals surface area (Å²) < 4.78 is 31.6. The zero-order valence-electron chi connectivity index (χ0n) is 21.1. The van der Waals surface area contributed by atoms with Crippen molar-refractivity contribution in [3.63, 3.8) is 0 Å². The van der Waals surface area contributed by atoms with Gasteiger partial charge in [-0.3, -0.25) is 4.79 Å². The van der Waals surface area contributed by atoms with Crippen LogP contribution in [0, 0.1) is 0 Å². The number of halogens is 1. The molecular weight excluding hydrogens is 546 g/mol. The van der Waals surface area contributed by atoms with Gasteiger partial charge < -0.3 is 20.1 Å². The Hall–Kier alpha value is -3.93. The summed E-state index contributed by atoms with van der Waals surface area (Å²) in [7, 11) is -2.90. The molecule has 2 unspecified atom stereocenters. The van der Waals surface area contributed by atoms with Crippen molar-refractivity contribution in [2.75, 3.05) is 29.6 Å². The second kappa shape index (κ2) is 11.4. The molecule has 0 bridgehead atoms. The van der Waals surface area contributed by atoms with Crippen LogP contribution >= 0.6 is 11.8 Å². The van der Waals surface area contributed by atoms with Crippen molar-refractivity contribution in [1.29, 1.82) is 0 Å². The fourth-order valence-electron chi connectivity index (χ4n) is 4.49. The number of aliphatic hydroxyl groups excluding tert-OH is 1.